The third-order valence-electron chi connectivity index (χ3n) is 16.0. The number of nitrogens with zero attached hydrogens (tertiary/aromatic N) is 1. The first-order valence-electron chi connectivity index (χ1n) is 19.0. The SMILES string of the molecule is COc1cccc2c3c([nH]c12)C(C)(C)[C@@H]1CC[C@]2(C)[C@H](CC=C4[C@@H]5[C@@H](C)[C@H](C)CC[C@]5(C(=O)NCCCN(C)C)CC[C@]42C)[C@@]1(C)C3. The Morgan fingerprint density at radius 1 is 1.02 bits per heavy atom. The molecule has 1 amide bonds. The molecule has 1 aromatic heterocycles. The van der Waals surface area contributed by atoms with Crippen molar-refractivity contribution in [2.24, 2.45) is 51.2 Å². The molecule has 7 rings (SSSR count). The van der Waals surface area contributed by atoms with Gasteiger partial charge in [-0.3, -0.25) is 4.79 Å². The Bertz CT molecular complexity index is 1590. The maximum atomic E-state index is 14.4. The minimum absolute atomic E-state index is 0.0539. The topological polar surface area (TPSA) is 57.4 Å². The van der Waals surface area contributed by atoms with E-state index in [1.165, 1.54) is 41.4 Å². The zero-order chi connectivity index (χ0) is 33.7. The second-order valence-electron chi connectivity index (χ2n) is 18.5. The van der Waals surface area contributed by atoms with E-state index in [9.17, 15) is 4.79 Å². The van der Waals surface area contributed by atoms with E-state index in [2.05, 4.69) is 102 Å². The van der Waals surface area contributed by atoms with Crippen LogP contribution in [-0.4, -0.2) is 50.1 Å². The van der Waals surface area contributed by atoms with E-state index >= 15 is 0 Å². The molecular formula is C42H63N3O2. The van der Waals surface area contributed by atoms with Crippen LogP contribution in [0.1, 0.15) is 111 Å². The number of allylic oxidation sites excluding steroid dienone is 2. The van der Waals surface area contributed by atoms with Gasteiger partial charge in [-0.15, -0.1) is 0 Å². The van der Waals surface area contributed by atoms with E-state index in [1.807, 2.05) is 0 Å². The smallest absolute Gasteiger partial charge is 0.226 e. The van der Waals surface area contributed by atoms with Crippen molar-refractivity contribution in [1.82, 2.24) is 15.2 Å². The van der Waals surface area contributed by atoms with Crippen molar-refractivity contribution < 1.29 is 9.53 Å². The van der Waals surface area contributed by atoms with Gasteiger partial charge in [-0.2, -0.15) is 0 Å². The maximum Gasteiger partial charge on any atom is 0.226 e. The third-order valence-corrected chi connectivity index (χ3v) is 16.0. The van der Waals surface area contributed by atoms with Crippen molar-refractivity contribution in [3.8, 4) is 5.75 Å². The van der Waals surface area contributed by atoms with Gasteiger partial charge in [-0.25, -0.2) is 0 Å². The van der Waals surface area contributed by atoms with Gasteiger partial charge in [0.25, 0.3) is 0 Å². The largest absolute Gasteiger partial charge is 0.495 e. The number of carbonyl (C=O) groups is 1. The number of ether oxygens (including phenoxy) is 1. The zero-order valence-electron chi connectivity index (χ0n) is 31.2. The molecule has 2 aromatic rings. The number of para-hydroxylation sites is 1. The van der Waals surface area contributed by atoms with E-state index < -0.39 is 0 Å². The Hall–Kier alpha value is -2.27. The highest BCUT2D eigenvalue weighted by Crippen LogP contribution is 2.75. The molecule has 0 radical (unpaired) electrons. The maximum absolute atomic E-state index is 14.4. The third kappa shape index (κ3) is 4.46. The van der Waals surface area contributed by atoms with Gasteiger partial charge >= 0.3 is 0 Å². The molecule has 0 saturated heterocycles. The van der Waals surface area contributed by atoms with Gasteiger partial charge < -0.3 is 19.9 Å². The molecule has 5 aliphatic rings. The van der Waals surface area contributed by atoms with Crippen molar-refractivity contribution in [2.45, 2.75) is 112 Å². The zero-order valence-corrected chi connectivity index (χ0v) is 31.2. The number of rotatable bonds is 6. The monoisotopic (exact) mass is 641 g/mol. The van der Waals surface area contributed by atoms with Crippen LogP contribution in [0.5, 0.6) is 5.75 Å². The van der Waals surface area contributed by atoms with Crippen molar-refractivity contribution in [1.29, 1.82) is 0 Å². The molecule has 3 fully saturated rings. The Morgan fingerprint density at radius 3 is 2.51 bits per heavy atom. The van der Waals surface area contributed by atoms with Crippen molar-refractivity contribution in [3.05, 3.63) is 41.1 Å². The first-order chi connectivity index (χ1) is 22.2. The second kappa shape index (κ2) is 11.1. The molecule has 1 heterocycles. The predicted molar refractivity (Wildman–Crippen MR) is 194 cm³/mol. The summed E-state index contributed by atoms with van der Waals surface area (Å²) in [5.41, 5.74) is 6.09. The van der Waals surface area contributed by atoms with E-state index in [1.54, 1.807) is 12.7 Å². The lowest BCUT2D eigenvalue weighted by molar-refractivity contribution is -0.169. The second-order valence-corrected chi connectivity index (χ2v) is 18.5. The van der Waals surface area contributed by atoms with Crippen LogP contribution in [0.2, 0.25) is 0 Å². The predicted octanol–water partition coefficient (Wildman–Crippen LogP) is 8.92. The number of amides is 1. The molecule has 0 spiro atoms. The van der Waals surface area contributed by atoms with Crippen LogP contribution < -0.4 is 10.1 Å². The average molecular weight is 642 g/mol. The number of carbonyl (C=O) groups excluding carboxylic acids is 1. The Labute approximate surface area is 285 Å². The van der Waals surface area contributed by atoms with E-state index in [4.69, 9.17) is 4.74 Å². The van der Waals surface area contributed by atoms with Crippen molar-refractivity contribution >= 4 is 16.8 Å². The van der Waals surface area contributed by atoms with Gasteiger partial charge in [0.2, 0.25) is 5.91 Å². The molecule has 5 heteroatoms. The van der Waals surface area contributed by atoms with E-state index in [-0.39, 0.29) is 27.1 Å². The normalized spacial score (nSPS) is 40.4. The summed E-state index contributed by atoms with van der Waals surface area (Å²) in [4.78, 5) is 20.5. The summed E-state index contributed by atoms with van der Waals surface area (Å²) in [6, 6.07) is 6.57. The molecule has 2 N–H and O–H groups in total. The minimum atomic E-state index is -0.259. The van der Waals surface area contributed by atoms with Crippen molar-refractivity contribution in [3.63, 3.8) is 0 Å². The highest BCUT2D eigenvalue weighted by Gasteiger charge is 2.69. The quantitative estimate of drug-likeness (QED) is 0.245. The van der Waals surface area contributed by atoms with Gasteiger partial charge in [0.05, 0.1) is 18.0 Å². The number of H-pyrrole nitrogens is 1. The summed E-state index contributed by atoms with van der Waals surface area (Å²) in [6.07, 6.45) is 12.9. The highest BCUT2D eigenvalue weighted by atomic mass is 16.5. The summed E-state index contributed by atoms with van der Waals surface area (Å²) < 4.78 is 5.84. The first-order valence-corrected chi connectivity index (χ1v) is 19.0. The van der Waals surface area contributed by atoms with Crippen LogP contribution in [0.3, 0.4) is 0 Å². The van der Waals surface area contributed by atoms with E-state index in [0.717, 1.165) is 57.4 Å². The van der Waals surface area contributed by atoms with Gasteiger partial charge in [0.1, 0.15) is 5.75 Å². The lowest BCUT2D eigenvalue weighted by Crippen LogP contribution is -2.65. The highest BCUT2D eigenvalue weighted by molar-refractivity contribution is 5.90. The van der Waals surface area contributed by atoms with Gasteiger partial charge in [-0.1, -0.05) is 72.2 Å². The van der Waals surface area contributed by atoms with Crippen LogP contribution in [-0.2, 0) is 16.6 Å². The lowest BCUT2D eigenvalue weighted by Gasteiger charge is -2.71. The van der Waals surface area contributed by atoms with E-state index in [0.29, 0.717) is 35.5 Å². The molecule has 0 unspecified atom stereocenters. The summed E-state index contributed by atoms with van der Waals surface area (Å²) in [5, 5.41) is 4.83. The first kappa shape index (κ1) is 33.2. The molecule has 1 aromatic carbocycles. The fourth-order valence-electron chi connectivity index (χ4n) is 13.2. The molecular weight excluding hydrogens is 578 g/mol. The Kier molecular flexibility index (Phi) is 7.87. The van der Waals surface area contributed by atoms with Crippen LogP contribution in [0.15, 0.2) is 29.8 Å². The lowest BCUT2D eigenvalue weighted by atomic mass is 9.33. The van der Waals surface area contributed by atoms with Crippen molar-refractivity contribution in [2.75, 3.05) is 34.3 Å². The van der Waals surface area contributed by atoms with Crippen LogP contribution in [0.25, 0.3) is 10.9 Å². The van der Waals surface area contributed by atoms with Crippen LogP contribution in [0, 0.1) is 51.2 Å². The number of benzene rings is 1. The number of aromatic amines is 1. The van der Waals surface area contributed by atoms with Crippen LogP contribution in [0.4, 0.5) is 0 Å². The molecule has 47 heavy (non-hydrogen) atoms. The summed E-state index contributed by atoms with van der Waals surface area (Å²) in [7, 11) is 6.02. The number of aromatic nitrogens is 1. The number of hydrogen-bond donors (Lipinski definition) is 2. The Morgan fingerprint density at radius 2 is 1.79 bits per heavy atom. The van der Waals surface area contributed by atoms with Gasteiger partial charge in [0.15, 0.2) is 0 Å². The van der Waals surface area contributed by atoms with Crippen LogP contribution >= 0.6 is 0 Å². The molecule has 258 valence electrons. The minimum Gasteiger partial charge on any atom is -0.495 e. The summed E-state index contributed by atoms with van der Waals surface area (Å²) in [6.45, 7) is 19.8. The molecule has 5 nitrogen and oxygen atoms in total. The molecule has 3 saturated carbocycles. The standard InChI is InChI=1S/C42H63N3O2/c1-26-17-20-42(37(46)43-23-12-24-45(8)9)22-21-40(6)30(34(42)27(26)2)15-16-33-39(5)25-29-28-13-11-14-31(47-10)35(28)44-36(29)38(3,4)32(39)18-19-41(33,40)7/h11,13-15,26-27,32-34,44H,12,16-25H2,1-10H3,(H,43,46)/t26-,27+,32+,33-,34+,39+,40-,41-,42+/m1/s1. The summed E-state index contributed by atoms with van der Waals surface area (Å²) in [5.74, 6) is 4.03. The summed E-state index contributed by atoms with van der Waals surface area (Å²) >= 11 is 0. The average Bonchev–Trinajstić information content (AvgIpc) is 3.40. The molecule has 0 bridgehead atoms. The fourth-order valence-corrected chi connectivity index (χ4v) is 13.2. The number of nitrogens with one attached hydrogen (secondary N) is 2. The molecule has 5 aliphatic carbocycles. The number of methoxy groups -OCH3 is 1. The van der Waals surface area contributed by atoms with Gasteiger partial charge in [-0.05, 0) is 136 Å². The number of hydrogen-bond acceptors (Lipinski definition) is 3. The fraction of sp³-hybridized carbons (Fsp3) is 0.738. The molecule has 9 atom stereocenters. The molecule has 0 aliphatic heterocycles. The number of fused-ring (bicyclic) bond motifs is 10. The Balaban J connectivity index is 1.28. The van der Waals surface area contributed by atoms with Gasteiger partial charge in [0, 0.05) is 23.0 Å².